The Balaban J connectivity index is 2.42. The largest absolute Gasteiger partial charge is 0.497 e. The van der Waals surface area contributed by atoms with E-state index >= 15 is 0 Å². The molecule has 0 aromatic heterocycles. The average molecular weight is 332 g/mol. The summed E-state index contributed by atoms with van der Waals surface area (Å²) < 4.78 is 15.7. The van der Waals surface area contributed by atoms with Crippen LogP contribution in [0.15, 0.2) is 43.1 Å². The molecule has 1 fully saturated rings. The zero-order chi connectivity index (χ0) is 17.7. The third-order valence-electron chi connectivity index (χ3n) is 3.64. The minimum absolute atomic E-state index is 0.0724. The van der Waals surface area contributed by atoms with Crippen LogP contribution < -0.4 is 20.1 Å². The molecule has 0 spiro atoms. The third kappa shape index (κ3) is 3.51. The molecular formula is C17H20N2O5. The van der Waals surface area contributed by atoms with E-state index in [4.69, 9.17) is 14.2 Å². The van der Waals surface area contributed by atoms with Gasteiger partial charge in [0.25, 0.3) is 0 Å². The second kappa shape index (κ2) is 7.54. The lowest BCUT2D eigenvalue weighted by Gasteiger charge is -2.33. The number of hydrogen-bond donors (Lipinski definition) is 2. The number of methoxy groups -OCH3 is 2. The van der Waals surface area contributed by atoms with Crippen molar-refractivity contribution in [3.63, 3.8) is 0 Å². The maximum atomic E-state index is 12.4. The lowest BCUT2D eigenvalue weighted by Crippen LogP contribution is -2.51. The predicted molar refractivity (Wildman–Crippen MR) is 87.7 cm³/mol. The molecule has 2 rings (SSSR count). The molecule has 1 heterocycles. The monoisotopic (exact) mass is 332 g/mol. The lowest BCUT2D eigenvalue weighted by atomic mass is 9.88. The molecular weight excluding hydrogens is 312 g/mol. The minimum Gasteiger partial charge on any atom is -0.497 e. The third-order valence-corrected chi connectivity index (χ3v) is 3.64. The van der Waals surface area contributed by atoms with Gasteiger partial charge in [0, 0.05) is 17.3 Å². The molecule has 0 saturated carbocycles. The van der Waals surface area contributed by atoms with Crippen molar-refractivity contribution in [3.05, 3.63) is 48.7 Å². The van der Waals surface area contributed by atoms with E-state index in [1.54, 1.807) is 18.2 Å². The van der Waals surface area contributed by atoms with E-state index in [-0.39, 0.29) is 12.3 Å². The highest BCUT2D eigenvalue weighted by atomic mass is 16.5. The van der Waals surface area contributed by atoms with Crippen molar-refractivity contribution in [1.29, 1.82) is 0 Å². The molecule has 1 aliphatic rings. The highest BCUT2D eigenvalue weighted by molar-refractivity contribution is 5.85. The maximum Gasteiger partial charge on any atom is 0.319 e. The maximum absolute atomic E-state index is 12.4. The van der Waals surface area contributed by atoms with Crippen molar-refractivity contribution in [3.8, 4) is 11.5 Å². The summed E-state index contributed by atoms with van der Waals surface area (Å²) in [6.07, 6.45) is 1.47. The van der Waals surface area contributed by atoms with Crippen molar-refractivity contribution in [2.45, 2.75) is 6.04 Å². The van der Waals surface area contributed by atoms with Crippen LogP contribution in [0.5, 0.6) is 11.5 Å². The summed E-state index contributed by atoms with van der Waals surface area (Å²) in [5, 5.41) is 5.23. The van der Waals surface area contributed by atoms with Gasteiger partial charge in [-0.15, -0.1) is 0 Å². The molecule has 1 aromatic rings. The van der Waals surface area contributed by atoms with Crippen molar-refractivity contribution in [1.82, 2.24) is 10.6 Å². The molecule has 0 aliphatic carbocycles. The molecule has 1 saturated heterocycles. The molecule has 2 N–H and O–H groups in total. The topological polar surface area (TPSA) is 85.9 Å². The Hall–Kier alpha value is -2.96. The molecule has 1 aliphatic heterocycles. The molecule has 0 bridgehead atoms. The molecule has 7 nitrogen and oxygen atoms in total. The number of nitrogens with one attached hydrogen (secondary N) is 2. The van der Waals surface area contributed by atoms with E-state index in [0.717, 1.165) is 0 Å². The Morgan fingerprint density at radius 3 is 2.71 bits per heavy atom. The van der Waals surface area contributed by atoms with Gasteiger partial charge in [-0.3, -0.25) is 4.79 Å². The van der Waals surface area contributed by atoms with Crippen LogP contribution in [-0.2, 0) is 9.53 Å². The molecule has 2 amide bonds. The van der Waals surface area contributed by atoms with Crippen LogP contribution in [0.1, 0.15) is 11.6 Å². The predicted octanol–water partition coefficient (Wildman–Crippen LogP) is 1.92. The van der Waals surface area contributed by atoms with E-state index in [2.05, 4.69) is 23.8 Å². The molecule has 128 valence electrons. The van der Waals surface area contributed by atoms with E-state index in [1.165, 1.54) is 20.3 Å². The van der Waals surface area contributed by atoms with E-state index < -0.39 is 24.0 Å². The van der Waals surface area contributed by atoms with Gasteiger partial charge in [0.15, 0.2) is 0 Å². The number of esters is 1. The zero-order valence-electron chi connectivity index (χ0n) is 13.6. The smallest absolute Gasteiger partial charge is 0.319 e. The van der Waals surface area contributed by atoms with Crippen molar-refractivity contribution in [2.24, 2.45) is 5.92 Å². The highest BCUT2D eigenvalue weighted by Gasteiger charge is 2.40. The normalized spacial score (nSPS) is 19.8. The highest BCUT2D eigenvalue weighted by Crippen LogP contribution is 2.37. The van der Waals surface area contributed by atoms with Gasteiger partial charge < -0.3 is 24.8 Å². The minimum atomic E-state index is -0.801. The van der Waals surface area contributed by atoms with Gasteiger partial charge in [0.05, 0.1) is 20.3 Å². The summed E-state index contributed by atoms with van der Waals surface area (Å²) >= 11 is 0. The van der Waals surface area contributed by atoms with Crippen LogP contribution in [-0.4, -0.2) is 32.8 Å². The van der Waals surface area contributed by atoms with Crippen LogP contribution in [0.3, 0.4) is 0 Å². The second-order valence-electron chi connectivity index (χ2n) is 5.11. The number of urea groups is 1. The van der Waals surface area contributed by atoms with E-state index in [1.807, 2.05) is 0 Å². The Morgan fingerprint density at radius 2 is 2.08 bits per heavy atom. The van der Waals surface area contributed by atoms with Crippen LogP contribution in [0.25, 0.3) is 0 Å². The molecule has 7 heteroatoms. The Morgan fingerprint density at radius 1 is 1.33 bits per heavy atom. The van der Waals surface area contributed by atoms with Crippen molar-refractivity contribution in [2.75, 3.05) is 20.8 Å². The standard InChI is InChI=1S/C17H20N2O5/c1-5-8-24-16(20)14-10(2)18-17(21)19-15(14)12-7-6-11(22-3)9-13(12)23-4/h5-7,9,14-15H,1-2,8H2,3-4H3,(H2,18,19,21)/t14-,15-/m0/s1. The first-order valence-corrected chi connectivity index (χ1v) is 7.27. The van der Waals surface area contributed by atoms with Crippen LogP contribution in [0, 0.1) is 5.92 Å². The van der Waals surface area contributed by atoms with Gasteiger partial charge in [0.1, 0.15) is 24.0 Å². The number of hydrogen-bond acceptors (Lipinski definition) is 5. The first kappa shape index (κ1) is 17.4. The second-order valence-corrected chi connectivity index (χ2v) is 5.11. The molecule has 0 radical (unpaired) electrons. The molecule has 1 aromatic carbocycles. The van der Waals surface area contributed by atoms with E-state index in [9.17, 15) is 9.59 Å². The zero-order valence-corrected chi connectivity index (χ0v) is 13.6. The van der Waals surface area contributed by atoms with Gasteiger partial charge in [-0.25, -0.2) is 4.79 Å². The van der Waals surface area contributed by atoms with Crippen molar-refractivity contribution >= 4 is 12.0 Å². The SMILES string of the molecule is C=CCOC(=O)[C@H]1C(=C)NC(=O)N[C@H]1c1ccc(OC)cc1OC. The average Bonchev–Trinajstić information content (AvgIpc) is 2.58. The summed E-state index contributed by atoms with van der Waals surface area (Å²) in [6.45, 7) is 7.36. The van der Waals surface area contributed by atoms with E-state index in [0.29, 0.717) is 17.1 Å². The fraction of sp³-hybridized carbons (Fsp3) is 0.294. The van der Waals surface area contributed by atoms with Gasteiger partial charge >= 0.3 is 12.0 Å². The first-order valence-electron chi connectivity index (χ1n) is 7.27. The number of carbonyl (C=O) groups is 2. The Bertz CT molecular complexity index is 671. The molecule has 2 atom stereocenters. The Kier molecular flexibility index (Phi) is 5.47. The first-order chi connectivity index (χ1) is 11.5. The van der Waals surface area contributed by atoms with Crippen molar-refractivity contribution < 1.29 is 23.8 Å². The summed E-state index contributed by atoms with van der Waals surface area (Å²) in [7, 11) is 3.04. The van der Waals surface area contributed by atoms with Gasteiger partial charge in [0.2, 0.25) is 0 Å². The molecule has 0 unspecified atom stereocenters. The Labute approximate surface area is 140 Å². The van der Waals surface area contributed by atoms with Gasteiger partial charge in [-0.1, -0.05) is 19.2 Å². The van der Waals surface area contributed by atoms with Crippen LogP contribution in [0.2, 0.25) is 0 Å². The number of rotatable bonds is 6. The summed E-state index contributed by atoms with van der Waals surface area (Å²) in [5.74, 6) is -0.239. The quantitative estimate of drug-likeness (QED) is 0.614. The van der Waals surface area contributed by atoms with Gasteiger partial charge in [-0.05, 0) is 12.1 Å². The number of amides is 2. The lowest BCUT2D eigenvalue weighted by molar-refractivity contribution is -0.147. The summed E-state index contributed by atoms with van der Waals surface area (Å²) in [4.78, 5) is 24.2. The van der Waals surface area contributed by atoms with Crippen LogP contribution >= 0.6 is 0 Å². The summed E-state index contributed by atoms with van der Waals surface area (Å²) in [5.41, 5.74) is 0.880. The fourth-order valence-electron chi connectivity index (χ4n) is 2.53. The molecule has 24 heavy (non-hydrogen) atoms. The van der Waals surface area contributed by atoms with Crippen LogP contribution in [0.4, 0.5) is 4.79 Å². The fourth-order valence-corrected chi connectivity index (χ4v) is 2.53. The number of ether oxygens (including phenoxy) is 3. The number of carbonyl (C=O) groups excluding carboxylic acids is 2. The number of benzene rings is 1. The van der Waals surface area contributed by atoms with Gasteiger partial charge in [-0.2, -0.15) is 0 Å². The summed E-state index contributed by atoms with van der Waals surface area (Å²) in [6, 6.07) is 4.01.